The third-order valence-corrected chi connectivity index (χ3v) is 9.74. The fourth-order valence-electron chi connectivity index (χ4n) is 6.66. The molecule has 0 fully saturated rings. The molecule has 0 unspecified atom stereocenters. The van der Waals surface area contributed by atoms with Crippen LogP contribution in [0.3, 0.4) is 0 Å². The molecule has 0 radical (unpaired) electrons. The molecule has 2 aromatic carbocycles. The van der Waals surface area contributed by atoms with Gasteiger partial charge in [-0.25, -0.2) is 0 Å². The number of benzene rings is 2. The van der Waals surface area contributed by atoms with E-state index in [1.807, 2.05) is 37.3 Å². The lowest BCUT2D eigenvalue weighted by molar-refractivity contribution is -0.137. The summed E-state index contributed by atoms with van der Waals surface area (Å²) in [6, 6.07) is 13.7. The van der Waals surface area contributed by atoms with E-state index < -0.39 is 42.5 Å². The van der Waals surface area contributed by atoms with E-state index in [1.54, 1.807) is 37.3 Å². The van der Waals surface area contributed by atoms with Gasteiger partial charge in [0.2, 0.25) is 0 Å². The van der Waals surface area contributed by atoms with Crippen LogP contribution in [-0.2, 0) is 17.6 Å². The molecular weight excluding hydrogens is 646 g/mol. The number of aliphatic carboxylic acids is 1. The monoisotopic (exact) mass is 705 g/mol. The number of rotatable bonds is 19. The highest BCUT2D eigenvalue weighted by atomic mass is 16.4. The Balaban J connectivity index is 2.14. The molecule has 1 aliphatic heterocycles. The first-order chi connectivity index (χ1) is 24.4. The van der Waals surface area contributed by atoms with Crippen LogP contribution >= 0.6 is 0 Å². The standard InChI is InChI=1S/C42H59NO8/c1-3-4-16-38(47)39(48)26-23-33-22-21-32-13-10-9-12-31(32)14-11-17-40(42(2,51)28-30-19-24-34(45)25-20-30)43-37(36(33)27-35(46)29-44)15-7-5-6-8-18-41(49)50/h9-10,12-13,19-20,23-26,35,37-40,43-48,51H,3-8,15-18,21-22,27-29H2,1-2H3,(H,49,50)/b26-23+,36-33+/t35-,37-,38-,39+,40+,42-/m0/s1. The highest BCUT2D eigenvalue weighted by molar-refractivity contribution is 5.66. The SMILES string of the molecule is CCCC[C@H](O)[C@H](O)/C=C/C1=C(\C[C@H](O)CO)[C@H](CCCCCCC(=O)O)N[C@@H]([C@@](C)(O)Cc2ccc(O)cc2)CC#Cc2ccccc2CC1. The molecule has 6 atom stereocenters. The van der Waals surface area contributed by atoms with Crippen molar-refractivity contribution in [3.63, 3.8) is 0 Å². The number of carboxylic acid groups (broad SMARTS) is 1. The number of aliphatic hydroxyl groups is 5. The Morgan fingerprint density at radius 3 is 2.45 bits per heavy atom. The number of aryl methyl sites for hydroxylation is 1. The van der Waals surface area contributed by atoms with Crippen molar-refractivity contribution < 1.29 is 40.5 Å². The van der Waals surface area contributed by atoms with Gasteiger partial charge in [0, 0.05) is 36.9 Å². The predicted molar refractivity (Wildman–Crippen MR) is 200 cm³/mol. The maximum absolute atomic E-state index is 12.1. The molecule has 1 aliphatic rings. The average molecular weight is 706 g/mol. The Kier molecular flexibility index (Phi) is 17.9. The lowest BCUT2D eigenvalue weighted by Gasteiger charge is -2.38. The number of carbonyl (C=O) groups is 1. The number of fused-ring (bicyclic) bond motifs is 1. The van der Waals surface area contributed by atoms with Gasteiger partial charge in [-0.05, 0) is 85.9 Å². The van der Waals surface area contributed by atoms with E-state index in [2.05, 4.69) is 17.2 Å². The van der Waals surface area contributed by atoms with Crippen molar-refractivity contribution in [2.75, 3.05) is 6.61 Å². The van der Waals surface area contributed by atoms with Crippen molar-refractivity contribution in [3.05, 3.63) is 88.5 Å². The third-order valence-electron chi connectivity index (χ3n) is 9.74. The van der Waals surface area contributed by atoms with Gasteiger partial charge >= 0.3 is 5.97 Å². The zero-order chi connectivity index (χ0) is 37.2. The van der Waals surface area contributed by atoms with Crippen LogP contribution in [0.15, 0.2) is 71.8 Å². The van der Waals surface area contributed by atoms with Crippen molar-refractivity contribution in [1.82, 2.24) is 5.32 Å². The Bertz CT molecular complexity index is 1470. The summed E-state index contributed by atoms with van der Waals surface area (Å²) in [7, 11) is 0. The molecular formula is C42H59NO8. The molecule has 1 heterocycles. The third kappa shape index (κ3) is 14.6. The molecule has 51 heavy (non-hydrogen) atoms. The number of allylic oxidation sites excluding steroid dienone is 2. The molecule has 280 valence electrons. The smallest absolute Gasteiger partial charge is 0.303 e. The quantitative estimate of drug-likeness (QED) is 0.0711. The summed E-state index contributed by atoms with van der Waals surface area (Å²) in [5, 5.41) is 77.3. The Hall–Kier alpha value is -3.49. The second kappa shape index (κ2) is 21.8. The molecule has 0 amide bonds. The number of phenolic OH excluding ortho intramolecular Hbond substituents is 1. The van der Waals surface area contributed by atoms with Crippen molar-refractivity contribution in [3.8, 4) is 17.6 Å². The number of carboxylic acids is 1. The van der Waals surface area contributed by atoms with E-state index in [0.717, 1.165) is 59.9 Å². The maximum Gasteiger partial charge on any atom is 0.303 e. The van der Waals surface area contributed by atoms with Crippen LogP contribution < -0.4 is 5.32 Å². The van der Waals surface area contributed by atoms with Crippen molar-refractivity contribution in [2.45, 2.75) is 140 Å². The molecule has 0 spiro atoms. The highest BCUT2D eigenvalue weighted by Gasteiger charge is 2.35. The van der Waals surface area contributed by atoms with Crippen LogP contribution in [0.4, 0.5) is 0 Å². The van der Waals surface area contributed by atoms with Crippen molar-refractivity contribution >= 4 is 5.97 Å². The first-order valence-electron chi connectivity index (χ1n) is 18.5. The number of aromatic hydroxyl groups is 1. The fourth-order valence-corrected chi connectivity index (χ4v) is 6.66. The number of aliphatic hydroxyl groups excluding tert-OH is 4. The van der Waals surface area contributed by atoms with Gasteiger partial charge in [-0.1, -0.05) is 93.4 Å². The van der Waals surface area contributed by atoms with Gasteiger partial charge in [-0.3, -0.25) is 4.79 Å². The van der Waals surface area contributed by atoms with E-state index in [9.17, 15) is 35.4 Å². The number of unbranched alkanes of at least 4 members (excludes halogenated alkanes) is 4. The minimum absolute atomic E-state index is 0.110. The minimum atomic E-state index is -1.30. The molecule has 2 aromatic rings. The van der Waals surface area contributed by atoms with Crippen molar-refractivity contribution in [2.24, 2.45) is 0 Å². The topological polar surface area (TPSA) is 171 Å². The summed E-state index contributed by atoms with van der Waals surface area (Å²) in [4.78, 5) is 11.1. The normalized spacial score (nSPS) is 21.3. The van der Waals surface area contributed by atoms with Crippen molar-refractivity contribution in [1.29, 1.82) is 0 Å². The summed E-state index contributed by atoms with van der Waals surface area (Å²) in [5.74, 6) is 5.97. The molecule has 9 heteroatoms. The highest BCUT2D eigenvalue weighted by Crippen LogP contribution is 2.30. The number of phenols is 1. The van der Waals surface area contributed by atoms with E-state index in [1.165, 1.54) is 0 Å². The van der Waals surface area contributed by atoms with Crippen LogP contribution in [0, 0.1) is 11.8 Å². The van der Waals surface area contributed by atoms with Crippen LogP contribution in [-0.4, -0.2) is 84.3 Å². The minimum Gasteiger partial charge on any atom is -0.508 e. The number of hydrogen-bond donors (Lipinski definition) is 8. The Labute approximate surface area is 303 Å². The second-order valence-electron chi connectivity index (χ2n) is 14.1. The van der Waals surface area contributed by atoms with Crippen LogP contribution in [0.1, 0.15) is 108 Å². The predicted octanol–water partition coefficient (Wildman–Crippen LogP) is 5.33. The lowest BCUT2D eigenvalue weighted by Crippen LogP contribution is -2.54. The molecule has 0 aliphatic carbocycles. The van der Waals surface area contributed by atoms with E-state index >= 15 is 0 Å². The summed E-state index contributed by atoms with van der Waals surface area (Å²) in [6.07, 6.45) is 7.97. The van der Waals surface area contributed by atoms with E-state index in [-0.39, 0.29) is 31.1 Å². The van der Waals surface area contributed by atoms with Gasteiger partial charge in [-0.15, -0.1) is 0 Å². The van der Waals surface area contributed by atoms with Gasteiger partial charge in [0.15, 0.2) is 0 Å². The average Bonchev–Trinajstić information content (AvgIpc) is 3.10. The zero-order valence-corrected chi connectivity index (χ0v) is 30.3. The lowest BCUT2D eigenvalue weighted by atomic mass is 9.83. The summed E-state index contributed by atoms with van der Waals surface area (Å²) in [5.41, 5.74) is 3.15. The van der Waals surface area contributed by atoms with Gasteiger partial charge in [0.1, 0.15) is 5.75 Å². The first kappa shape index (κ1) is 41.9. The van der Waals surface area contributed by atoms with Gasteiger partial charge in [0.05, 0.1) is 30.5 Å². The first-order valence-corrected chi connectivity index (χ1v) is 18.5. The van der Waals surface area contributed by atoms with Gasteiger partial charge in [-0.2, -0.15) is 0 Å². The van der Waals surface area contributed by atoms with E-state index in [4.69, 9.17) is 5.11 Å². The summed E-state index contributed by atoms with van der Waals surface area (Å²) >= 11 is 0. The zero-order valence-electron chi connectivity index (χ0n) is 30.3. The molecule has 8 N–H and O–H groups in total. The van der Waals surface area contributed by atoms with Crippen LogP contribution in [0.25, 0.3) is 0 Å². The Morgan fingerprint density at radius 1 is 1.02 bits per heavy atom. The maximum atomic E-state index is 12.1. The number of nitrogens with one attached hydrogen (secondary N) is 1. The molecule has 0 aromatic heterocycles. The Morgan fingerprint density at radius 2 is 1.75 bits per heavy atom. The molecule has 0 bridgehead atoms. The number of hydrogen-bond acceptors (Lipinski definition) is 8. The van der Waals surface area contributed by atoms with Crippen LogP contribution in [0.5, 0.6) is 5.75 Å². The molecule has 9 nitrogen and oxygen atoms in total. The summed E-state index contributed by atoms with van der Waals surface area (Å²) in [6.45, 7) is 3.35. The van der Waals surface area contributed by atoms with Crippen LogP contribution in [0.2, 0.25) is 0 Å². The summed E-state index contributed by atoms with van der Waals surface area (Å²) < 4.78 is 0. The van der Waals surface area contributed by atoms with E-state index in [0.29, 0.717) is 38.5 Å². The second-order valence-corrected chi connectivity index (χ2v) is 14.1. The largest absolute Gasteiger partial charge is 0.508 e. The molecule has 0 saturated carbocycles. The fraction of sp³-hybridized carbons (Fsp3) is 0.548. The van der Waals surface area contributed by atoms with Gasteiger partial charge < -0.3 is 41.1 Å². The molecule has 0 saturated heterocycles. The molecule has 3 rings (SSSR count). The van der Waals surface area contributed by atoms with Gasteiger partial charge in [0.25, 0.3) is 0 Å².